The number of hydrogen-bond acceptors (Lipinski definition) is 3. The van der Waals surface area contributed by atoms with Gasteiger partial charge in [0.15, 0.2) is 0 Å². The quantitative estimate of drug-likeness (QED) is 0.779. The van der Waals surface area contributed by atoms with Gasteiger partial charge in [-0.15, -0.1) is 0 Å². The van der Waals surface area contributed by atoms with Crippen molar-refractivity contribution in [1.29, 1.82) is 0 Å². The van der Waals surface area contributed by atoms with Gasteiger partial charge >= 0.3 is 5.97 Å². The average molecular weight is 380 g/mol. The molecule has 4 aliphatic rings. The number of fused-ring (bicyclic) bond motifs is 1. The van der Waals surface area contributed by atoms with Gasteiger partial charge in [-0.2, -0.15) is 0 Å². The van der Waals surface area contributed by atoms with Crippen LogP contribution in [0.25, 0.3) is 10.9 Å². The Morgan fingerprint density at radius 1 is 1.14 bits per heavy atom. The molecule has 1 amide bonds. The molecule has 1 aromatic heterocycles. The number of carbonyl (C=O) groups excluding carboxylic acids is 2. The number of nitrogens with one attached hydrogen (secondary N) is 2. The van der Waals surface area contributed by atoms with Gasteiger partial charge in [0.2, 0.25) is 5.91 Å². The SMILES string of the molecule is COC(=O)C(Cc1c[nH]c2ccccc12)NC(=O)C12CC3CC(CC(C3)C1)C2. The van der Waals surface area contributed by atoms with Crippen LogP contribution in [0.1, 0.15) is 44.1 Å². The van der Waals surface area contributed by atoms with Crippen molar-refractivity contribution in [2.45, 2.75) is 51.0 Å². The smallest absolute Gasteiger partial charge is 0.328 e. The highest BCUT2D eigenvalue weighted by molar-refractivity contribution is 5.89. The van der Waals surface area contributed by atoms with E-state index in [1.165, 1.54) is 26.4 Å². The molecule has 1 unspecified atom stereocenters. The van der Waals surface area contributed by atoms with E-state index >= 15 is 0 Å². The molecule has 0 radical (unpaired) electrons. The second kappa shape index (κ2) is 6.64. The third-order valence-electron chi connectivity index (χ3n) is 7.41. The maximum Gasteiger partial charge on any atom is 0.328 e. The maximum absolute atomic E-state index is 13.4. The van der Waals surface area contributed by atoms with Gasteiger partial charge in [0.05, 0.1) is 7.11 Å². The number of amides is 1. The van der Waals surface area contributed by atoms with Crippen LogP contribution in [-0.2, 0) is 20.7 Å². The van der Waals surface area contributed by atoms with Crippen molar-refractivity contribution >= 4 is 22.8 Å². The van der Waals surface area contributed by atoms with Crippen LogP contribution in [-0.4, -0.2) is 30.0 Å². The summed E-state index contributed by atoms with van der Waals surface area (Å²) in [5.74, 6) is 1.79. The summed E-state index contributed by atoms with van der Waals surface area (Å²) in [6.45, 7) is 0. The Labute approximate surface area is 165 Å². The predicted octanol–water partition coefficient (Wildman–Crippen LogP) is 3.58. The molecular formula is C23H28N2O3. The molecule has 0 saturated heterocycles. The number of ether oxygens (including phenoxy) is 1. The van der Waals surface area contributed by atoms with E-state index in [1.54, 1.807) is 0 Å². The summed E-state index contributed by atoms with van der Waals surface area (Å²) in [5.41, 5.74) is 1.80. The second-order valence-corrected chi connectivity index (χ2v) is 9.31. The van der Waals surface area contributed by atoms with Gasteiger partial charge in [-0.05, 0) is 67.9 Å². The van der Waals surface area contributed by atoms with Crippen molar-refractivity contribution < 1.29 is 14.3 Å². The first kappa shape index (κ1) is 17.8. The van der Waals surface area contributed by atoms with Crippen LogP contribution in [0.2, 0.25) is 0 Å². The van der Waals surface area contributed by atoms with Gasteiger partial charge in [0.25, 0.3) is 0 Å². The van der Waals surface area contributed by atoms with Crippen LogP contribution in [0.5, 0.6) is 0 Å². The summed E-state index contributed by atoms with van der Waals surface area (Å²) >= 11 is 0. The van der Waals surface area contributed by atoms with Crippen molar-refractivity contribution in [1.82, 2.24) is 10.3 Å². The fourth-order valence-electron chi connectivity index (χ4n) is 6.56. The molecule has 6 rings (SSSR count). The summed E-state index contributed by atoms with van der Waals surface area (Å²) < 4.78 is 5.03. The Morgan fingerprint density at radius 3 is 2.43 bits per heavy atom. The number of esters is 1. The number of benzene rings is 1. The van der Waals surface area contributed by atoms with Crippen LogP contribution in [0.15, 0.2) is 30.5 Å². The topological polar surface area (TPSA) is 71.2 Å². The van der Waals surface area contributed by atoms with Crippen LogP contribution in [0.4, 0.5) is 0 Å². The Kier molecular flexibility index (Phi) is 4.22. The average Bonchev–Trinajstić information content (AvgIpc) is 3.09. The van der Waals surface area contributed by atoms with E-state index in [-0.39, 0.29) is 17.3 Å². The van der Waals surface area contributed by atoms with E-state index < -0.39 is 6.04 Å². The third-order valence-corrected chi connectivity index (χ3v) is 7.41. The van der Waals surface area contributed by atoms with E-state index in [0.29, 0.717) is 24.2 Å². The summed E-state index contributed by atoms with van der Waals surface area (Å²) in [6, 6.07) is 7.37. The standard InChI is InChI=1S/C23H28N2O3/c1-28-21(26)20(9-17-13-24-19-5-3-2-4-18(17)19)25-22(27)23-10-14-6-15(11-23)8-16(7-14)12-23/h2-5,13-16,20,24H,6-12H2,1H3,(H,25,27). The molecular weight excluding hydrogens is 352 g/mol. The zero-order valence-electron chi connectivity index (χ0n) is 16.4. The largest absolute Gasteiger partial charge is 0.467 e. The molecule has 148 valence electrons. The molecule has 4 fully saturated rings. The molecule has 5 nitrogen and oxygen atoms in total. The zero-order valence-corrected chi connectivity index (χ0v) is 16.4. The number of methoxy groups -OCH3 is 1. The summed E-state index contributed by atoms with van der Waals surface area (Å²) in [4.78, 5) is 29.1. The van der Waals surface area contributed by atoms with Crippen LogP contribution >= 0.6 is 0 Å². The molecule has 4 saturated carbocycles. The highest BCUT2D eigenvalue weighted by Gasteiger charge is 2.55. The van der Waals surface area contributed by atoms with E-state index in [2.05, 4.69) is 10.3 Å². The number of rotatable bonds is 5. The Bertz CT molecular complexity index is 880. The summed E-state index contributed by atoms with van der Waals surface area (Å²) in [6.07, 6.45) is 9.22. The molecule has 5 heteroatoms. The van der Waals surface area contributed by atoms with E-state index in [9.17, 15) is 9.59 Å². The lowest BCUT2D eigenvalue weighted by Crippen LogP contribution is -2.56. The molecule has 2 N–H and O–H groups in total. The van der Waals surface area contributed by atoms with Gasteiger partial charge in [-0.25, -0.2) is 4.79 Å². The summed E-state index contributed by atoms with van der Waals surface area (Å²) in [5, 5.41) is 4.18. The fourth-order valence-corrected chi connectivity index (χ4v) is 6.56. The maximum atomic E-state index is 13.4. The zero-order chi connectivity index (χ0) is 19.3. The lowest BCUT2D eigenvalue weighted by Gasteiger charge is -2.55. The first-order valence-corrected chi connectivity index (χ1v) is 10.5. The minimum absolute atomic E-state index is 0.0711. The highest BCUT2D eigenvalue weighted by atomic mass is 16.5. The van der Waals surface area contributed by atoms with Crippen LogP contribution in [0, 0.1) is 23.2 Å². The Hall–Kier alpha value is -2.30. The minimum atomic E-state index is -0.648. The highest BCUT2D eigenvalue weighted by Crippen LogP contribution is 2.60. The Balaban J connectivity index is 1.37. The lowest BCUT2D eigenvalue weighted by atomic mass is 9.49. The molecule has 1 aromatic carbocycles. The van der Waals surface area contributed by atoms with E-state index in [0.717, 1.165) is 35.7 Å². The van der Waals surface area contributed by atoms with E-state index in [1.807, 2.05) is 30.5 Å². The molecule has 2 aromatic rings. The molecule has 1 heterocycles. The first-order valence-electron chi connectivity index (χ1n) is 10.5. The fraction of sp³-hybridized carbons (Fsp3) is 0.565. The third kappa shape index (κ3) is 2.92. The van der Waals surface area contributed by atoms with Gasteiger partial charge in [-0.3, -0.25) is 4.79 Å². The van der Waals surface area contributed by atoms with Crippen molar-refractivity contribution in [3.63, 3.8) is 0 Å². The predicted molar refractivity (Wildman–Crippen MR) is 107 cm³/mol. The first-order chi connectivity index (χ1) is 13.6. The van der Waals surface area contributed by atoms with Gasteiger partial charge in [0, 0.05) is 28.9 Å². The van der Waals surface area contributed by atoms with Crippen LogP contribution in [0.3, 0.4) is 0 Å². The molecule has 4 aliphatic carbocycles. The van der Waals surface area contributed by atoms with Crippen LogP contribution < -0.4 is 5.32 Å². The number of para-hydroxylation sites is 1. The van der Waals surface area contributed by atoms with Gasteiger partial charge in [0.1, 0.15) is 6.04 Å². The Morgan fingerprint density at radius 2 is 1.79 bits per heavy atom. The van der Waals surface area contributed by atoms with E-state index in [4.69, 9.17) is 4.74 Å². The number of H-pyrrole nitrogens is 1. The summed E-state index contributed by atoms with van der Waals surface area (Å²) in [7, 11) is 1.39. The molecule has 0 spiro atoms. The molecule has 4 bridgehead atoms. The minimum Gasteiger partial charge on any atom is -0.467 e. The number of aromatic nitrogens is 1. The van der Waals surface area contributed by atoms with Crippen molar-refractivity contribution in [2.24, 2.45) is 23.2 Å². The molecule has 28 heavy (non-hydrogen) atoms. The molecule has 1 atom stereocenters. The number of aromatic amines is 1. The van der Waals surface area contributed by atoms with Crippen molar-refractivity contribution in [3.05, 3.63) is 36.0 Å². The van der Waals surface area contributed by atoms with Crippen molar-refractivity contribution in [2.75, 3.05) is 7.11 Å². The number of carbonyl (C=O) groups is 2. The van der Waals surface area contributed by atoms with Gasteiger partial charge in [-0.1, -0.05) is 18.2 Å². The second-order valence-electron chi connectivity index (χ2n) is 9.31. The molecule has 0 aliphatic heterocycles. The monoisotopic (exact) mass is 380 g/mol. The normalized spacial score (nSPS) is 31.7. The van der Waals surface area contributed by atoms with Gasteiger partial charge < -0.3 is 15.0 Å². The van der Waals surface area contributed by atoms with Crippen molar-refractivity contribution in [3.8, 4) is 0 Å². The number of hydrogen-bond donors (Lipinski definition) is 2. The lowest BCUT2D eigenvalue weighted by molar-refractivity contribution is -0.152.